The average Bonchev–Trinajstić information content (AvgIpc) is 2.90. The highest BCUT2D eigenvalue weighted by molar-refractivity contribution is 5.88. The molecule has 3 rings (SSSR count). The minimum atomic E-state index is -0.327. The molecule has 4 nitrogen and oxygen atoms in total. The van der Waals surface area contributed by atoms with Gasteiger partial charge in [0.15, 0.2) is 0 Å². The first kappa shape index (κ1) is 13.7. The van der Waals surface area contributed by atoms with Gasteiger partial charge in [-0.1, -0.05) is 6.58 Å². The molecule has 0 aromatic heterocycles. The zero-order valence-corrected chi connectivity index (χ0v) is 12.7. The van der Waals surface area contributed by atoms with Gasteiger partial charge in [0.05, 0.1) is 6.04 Å². The molecule has 2 saturated carbocycles. The Hall–Kier alpha value is -1.32. The van der Waals surface area contributed by atoms with Crippen molar-refractivity contribution in [3.63, 3.8) is 0 Å². The predicted molar refractivity (Wildman–Crippen MR) is 74.8 cm³/mol. The minimum absolute atomic E-state index is 0.0644. The van der Waals surface area contributed by atoms with E-state index in [4.69, 9.17) is 4.74 Å². The molecule has 0 aromatic carbocycles. The molecule has 1 heterocycles. The van der Waals surface area contributed by atoms with Gasteiger partial charge in [-0.3, -0.25) is 4.79 Å². The van der Waals surface area contributed by atoms with Crippen molar-refractivity contribution < 1.29 is 14.3 Å². The summed E-state index contributed by atoms with van der Waals surface area (Å²) in [6.45, 7) is 11.5. The van der Waals surface area contributed by atoms with Crippen LogP contribution >= 0.6 is 0 Å². The summed E-state index contributed by atoms with van der Waals surface area (Å²) >= 11 is 0. The number of carbonyl (C=O) groups excluding carboxylic acids is 2. The largest absolute Gasteiger partial charge is 0.457 e. The Balaban J connectivity index is 1.90. The summed E-state index contributed by atoms with van der Waals surface area (Å²) < 4.78 is 5.68. The molecule has 0 radical (unpaired) electrons. The van der Waals surface area contributed by atoms with Crippen LogP contribution in [0.1, 0.15) is 40.5 Å². The number of esters is 1. The van der Waals surface area contributed by atoms with Crippen LogP contribution in [0, 0.1) is 17.8 Å². The van der Waals surface area contributed by atoms with Gasteiger partial charge in [-0.15, -0.1) is 0 Å². The molecule has 5 unspecified atom stereocenters. The SMILES string of the molecule is C=C(C)C(=O)OC1C2CC3C(=O)N(C(C)(C)C)C1C3C2. The second kappa shape index (κ2) is 4.09. The molecule has 1 aliphatic heterocycles. The van der Waals surface area contributed by atoms with Crippen molar-refractivity contribution in [2.24, 2.45) is 17.8 Å². The fourth-order valence-corrected chi connectivity index (χ4v) is 4.40. The van der Waals surface area contributed by atoms with Crippen LogP contribution in [0.3, 0.4) is 0 Å². The van der Waals surface area contributed by atoms with E-state index in [1.165, 1.54) is 0 Å². The highest BCUT2D eigenvalue weighted by Crippen LogP contribution is 2.57. The molecule has 0 aromatic rings. The number of nitrogens with zero attached hydrogens (tertiary/aromatic N) is 1. The number of carbonyl (C=O) groups is 2. The Labute approximate surface area is 120 Å². The van der Waals surface area contributed by atoms with Gasteiger partial charge in [-0.2, -0.15) is 0 Å². The smallest absolute Gasteiger partial charge is 0.333 e. The Morgan fingerprint density at radius 2 is 2.00 bits per heavy atom. The van der Waals surface area contributed by atoms with E-state index in [-0.39, 0.29) is 35.5 Å². The van der Waals surface area contributed by atoms with Crippen molar-refractivity contribution in [2.75, 3.05) is 0 Å². The maximum absolute atomic E-state index is 12.6. The molecule has 2 bridgehead atoms. The van der Waals surface area contributed by atoms with Gasteiger partial charge in [0, 0.05) is 17.0 Å². The van der Waals surface area contributed by atoms with E-state index in [9.17, 15) is 9.59 Å². The van der Waals surface area contributed by atoms with Gasteiger partial charge in [0.1, 0.15) is 6.10 Å². The summed E-state index contributed by atoms with van der Waals surface area (Å²) in [6, 6.07) is 0.0644. The first-order valence-corrected chi connectivity index (χ1v) is 7.41. The van der Waals surface area contributed by atoms with Gasteiger partial charge in [0.25, 0.3) is 0 Å². The maximum atomic E-state index is 12.6. The maximum Gasteiger partial charge on any atom is 0.333 e. The number of fused-ring (bicyclic) bond motifs is 1. The van der Waals surface area contributed by atoms with Gasteiger partial charge < -0.3 is 9.64 Å². The number of hydrogen-bond acceptors (Lipinski definition) is 3. The molecule has 1 saturated heterocycles. The standard InChI is InChI=1S/C16H23NO3/c1-8(2)15(19)20-13-9-6-10-11(7-9)14(18)17(12(10)13)16(3,4)5/h9-13H,1,6-7H2,2-5H3. The fourth-order valence-electron chi connectivity index (χ4n) is 4.40. The molecule has 1 amide bonds. The lowest BCUT2D eigenvalue weighted by Gasteiger charge is -2.39. The molecule has 20 heavy (non-hydrogen) atoms. The van der Waals surface area contributed by atoms with E-state index >= 15 is 0 Å². The molecule has 2 aliphatic carbocycles. The molecule has 110 valence electrons. The molecule has 0 spiro atoms. The minimum Gasteiger partial charge on any atom is -0.457 e. The van der Waals surface area contributed by atoms with Crippen molar-refractivity contribution in [3.05, 3.63) is 12.2 Å². The monoisotopic (exact) mass is 277 g/mol. The quantitative estimate of drug-likeness (QED) is 0.574. The van der Waals surface area contributed by atoms with Crippen LogP contribution in [0.25, 0.3) is 0 Å². The van der Waals surface area contributed by atoms with Crippen molar-refractivity contribution >= 4 is 11.9 Å². The molecule has 4 heteroatoms. The van der Waals surface area contributed by atoms with E-state index in [2.05, 4.69) is 27.4 Å². The summed E-state index contributed by atoms with van der Waals surface area (Å²) in [5.74, 6) is 0.796. The fraction of sp³-hybridized carbons (Fsp3) is 0.750. The van der Waals surface area contributed by atoms with Crippen LogP contribution in [0.15, 0.2) is 12.2 Å². The van der Waals surface area contributed by atoms with Gasteiger partial charge >= 0.3 is 5.97 Å². The van der Waals surface area contributed by atoms with Crippen LogP contribution < -0.4 is 0 Å². The van der Waals surface area contributed by atoms with Crippen molar-refractivity contribution in [2.45, 2.75) is 58.2 Å². The summed E-state index contributed by atoms with van der Waals surface area (Å²) in [4.78, 5) is 26.4. The van der Waals surface area contributed by atoms with Crippen molar-refractivity contribution in [1.82, 2.24) is 4.90 Å². The summed E-state index contributed by atoms with van der Waals surface area (Å²) in [5, 5.41) is 0. The summed E-state index contributed by atoms with van der Waals surface area (Å²) in [6.07, 6.45) is 1.74. The Kier molecular flexibility index (Phi) is 2.79. The lowest BCUT2D eigenvalue weighted by molar-refractivity contribution is -0.152. The predicted octanol–water partition coefficient (Wildman–Crippen LogP) is 2.14. The lowest BCUT2D eigenvalue weighted by atomic mass is 9.87. The Morgan fingerprint density at radius 3 is 2.55 bits per heavy atom. The number of likely N-dealkylation sites (tertiary alicyclic amines) is 1. The normalized spacial score (nSPS) is 38.5. The van der Waals surface area contributed by atoms with Gasteiger partial charge in [-0.25, -0.2) is 4.79 Å². The van der Waals surface area contributed by atoms with Crippen LogP contribution in [0.5, 0.6) is 0 Å². The van der Waals surface area contributed by atoms with Crippen LogP contribution in [0.2, 0.25) is 0 Å². The van der Waals surface area contributed by atoms with E-state index in [0.717, 1.165) is 12.8 Å². The van der Waals surface area contributed by atoms with E-state index in [0.29, 0.717) is 17.4 Å². The molecular weight excluding hydrogens is 254 g/mol. The average molecular weight is 277 g/mol. The Bertz CT molecular complexity index is 490. The third-order valence-corrected chi connectivity index (χ3v) is 5.06. The van der Waals surface area contributed by atoms with E-state index in [1.54, 1.807) is 6.92 Å². The number of rotatable bonds is 2. The van der Waals surface area contributed by atoms with Gasteiger partial charge in [-0.05, 0) is 52.4 Å². The zero-order valence-electron chi connectivity index (χ0n) is 12.7. The van der Waals surface area contributed by atoms with Crippen LogP contribution in [0.4, 0.5) is 0 Å². The van der Waals surface area contributed by atoms with Crippen LogP contribution in [-0.2, 0) is 14.3 Å². The molecule has 5 atom stereocenters. The molecular formula is C16H23NO3. The van der Waals surface area contributed by atoms with Crippen molar-refractivity contribution in [1.29, 1.82) is 0 Å². The first-order valence-electron chi connectivity index (χ1n) is 7.41. The van der Waals surface area contributed by atoms with Gasteiger partial charge in [0.2, 0.25) is 5.91 Å². The number of amides is 1. The highest BCUT2D eigenvalue weighted by Gasteiger charge is 2.66. The third-order valence-electron chi connectivity index (χ3n) is 5.06. The topological polar surface area (TPSA) is 46.6 Å². The van der Waals surface area contributed by atoms with E-state index < -0.39 is 0 Å². The Morgan fingerprint density at radius 1 is 1.35 bits per heavy atom. The summed E-state index contributed by atoms with van der Waals surface area (Å²) in [7, 11) is 0. The first-order chi connectivity index (χ1) is 9.21. The third kappa shape index (κ3) is 1.73. The molecule has 3 fully saturated rings. The summed E-state index contributed by atoms with van der Waals surface area (Å²) in [5.41, 5.74) is 0.206. The van der Waals surface area contributed by atoms with Crippen LogP contribution in [-0.4, -0.2) is 34.5 Å². The molecule has 3 aliphatic rings. The second-order valence-corrected chi connectivity index (χ2v) is 7.52. The van der Waals surface area contributed by atoms with E-state index in [1.807, 2.05) is 4.90 Å². The lowest BCUT2D eigenvalue weighted by Crippen LogP contribution is -2.52. The number of ether oxygens (including phenoxy) is 1. The number of hydrogen-bond donors (Lipinski definition) is 0. The zero-order chi connectivity index (χ0) is 14.8. The van der Waals surface area contributed by atoms with Crippen molar-refractivity contribution in [3.8, 4) is 0 Å². The molecule has 0 N–H and O–H groups in total. The highest BCUT2D eigenvalue weighted by atomic mass is 16.5. The second-order valence-electron chi connectivity index (χ2n) is 7.52.